The van der Waals surface area contributed by atoms with E-state index in [0.29, 0.717) is 38.0 Å². The van der Waals surface area contributed by atoms with Crippen LogP contribution in [0.25, 0.3) is 21.8 Å². The Hall–Kier alpha value is -3.69. The summed E-state index contributed by atoms with van der Waals surface area (Å²) in [5.41, 5.74) is 14.6. The lowest BCUT2D eigenvalue weighted by Gasteiger charge is -2.35. The minimum absolute atomic E-state index is 0.0433. The molecule has 4 aromatic rings. The third kappa shape index (κ3) is 12.7. The highest BCUT2D eigenvalue weighted by atomic mass is 31.1. The summed E-state index contributed by atoms with van der Waals surface area (Å²) in [4.78, 5) is 23.1. The van der Waals surface area contributed by atoms with Crippen LogP contribution in [0, 0.1) is 22.7 Å². The molecule has 4 heterocycles. The van der Waals surface area contributed by atoms with E-state index in [0.717, 1.165) is 110 Å². The number of para-hydroxylation sites is 2. The molecule has 6 N–H and O–H groups in total. The molecule has 2 saturated heterocycles. The van der Waals surface area contributed by atoms with Gasteiger partial charge in [-0.2, -0.15) is 0 Å². The summed E-state index contributed by atoms with van der Waals surface area (Å²) in [6, 6.07) is 11.8. The van der Waals surface area contributed by atoms with Gasteiger partial charge in [0.05, 0.1) is 26.4 Å². The predicted octanol–water partition coefficient (Wildman–Crippen LogP) is 6.59. The molecule has 2 aliphatic rings. The van der Waals surface area contributed by atoms with Crippen molar-refractivity contribution >= 4 is 41.7 Å². The average Bonchev–Trinajstić information content (AvgIpc) is 3.25. The molecule has 0 saturated carbocycles. The third-order valence-corrected chi connectivity index (χ3v) is 13.9. The Morgan fingerprint density at radius 3 is 1.39 bits per heavy atom. The zero-order valence-electron chi connectivity index (χ0n) is 38.4. The van der Waals surface area contributed by atoms with Gasteiger partial charge >= 0.3 is 8.25 Å². The maximum atomic E-state index is 14.1. The average molecular weight is 877 g/mol. The van der Waals surface area contributed by atoms with Gasteiger partial charge in [-0.15, -0.1) is 0 Å². The number of hydrogen-bond donors (Lipinski definition) is 4. The molecule has 62 heavy (non-hydrogen) atoms. The molecule has 2 unspecified atom stereocenters. The van der Waals surface area contributed by atoms with E-state index in [2.05, 4.69) is 94.0 Å². The summed E-state index contributed by atoms with van der Waals surface area (Å²) < 4.78 is 38.1. The zero-order valence-corrected chi connectivity index (χ0v) is 39.4. The summed E-state index contributed by atoms with van der Waals surface area (Å²) in [5, 5.41) is 9.07. The fourth-order valence-corrected chi connectivity index (χ4v) is 9.45. The van der Waals surface area contributed by atoms with Gasteiger partial charge < -0.3 is 50.4 Å². The Morgan fingerprint density at radius 2 is 1.03 bits per heavy atom. The summed E-state index contributed by atoms with van der Waals surface area (Å²) in [5.74, 6) is 4.08. The highest BCUT2D eigenvalue weighted by Crippen LogP contribution is 2.38. The highest BCUT2D eigenvalue weighted by molar-refractivity contribution is 7.33. The molecule has 15 nitrogen and oxygen atoms in total. The molecule has 0 bridgehead atoms. The van der Waals surface area contributed by atoms with Crippen LogP contribution >= 0.6 is 8.25 Å². The first kappa shape index (κ1) is 47.8. The van der Waals surface area contributed by atoms with Crippen LogP contribution in [0.1, 0.15) is 80.1 Å². The van der Waals surface area contributed by atoms with Crippen molar-refractivity contribution < 1.29 is 23.1 Å². The highest BCUT2D eigenvalue weighted by Gasteiger charge is 2.30. The zero-order chi connectivity index (χ0) is 44.4. The lowest BCUT2D eigenvalue weighted by atomic mass is 9.87. The Labute approximate surface area is 369 Å². The van der Waals surface area contributed by atoms with Gasteiger partial charge in [-0.05, 0) is 85.5 Å². The molecule has 0 spiro atoms. The molecule has 16 heteroatoms. The van der Waals surface area contributed by atoms with Crippen LogP contribution < -0.4 is 41.4 Å². The number of nitrogens with two attached hydrogens (primary N) is 2. The Bertz CT molecular complexity index is 1910. The molecule has 6 rings (SSSR count). The van der Waals surface area contributed by atoms with E-state index in [1.807, 2.05) is 24.3 Å². The molecule has 0 amide bonds. The standard InChI is InChI=1S/C46H73N10O5P/c1-45(2,3)39(47)27-49-25-33(23-31-15-19-55(20-16-31)43-35-11-9-13-37(58-7)41(35)51-29-53-43)60-62(57)61-34(26-50-28-40(48)46(4,5)6)24-32-17-21-56(22-18-32)44-36-12-10-14-38(59-8)42(36)52-30-54-44/h9-14,29-34,39-40,49-50,62H,15-28,47-48H2,1-8H3/t33?,34?,39-,40-/m1/s1. The van der Waals surface area contributed by atoms with Crippen LogP contribution in [0.2, 0.25) is 0 Å². The SMILES string of the molecule is COc1cccc2c(N3CCC(CC(CNC[C@@H](N)C(C)(C)C)O[PH](=O)OC(CNC[C@@H](N)C(C)(C)C)CC4CCN(c5ncnc6c(OC)cccc56)CC4)CC3)ncnc12. The molecular weight excluding hydrogens is 804 g/mol. The van der Waals surface area contributed by atoms with E-state index in [-0.39, 0.29) is 35.1 Å². The Balaban J connectivity index is 1.09. The topological polar surface area (TPSA) is 188 Å². The van der Waals surface area contributed by atoms with Crippen LogP contribution in [-0.2, 0) is 13.6 Å². The minimum Gasteiger partial charge on any atom is -0.494 e. The first-order valence-corrected chi connectivity index (χ1v) is 23.7. The first-order chi connectivity index (χ1) is 29.6. The van der Waals surface area contributed by atoms with Gasteiger partial charge in [-0.3, -0.25) is 4.57 Å². The monoisotopic (exact) mass is 877 g/mol. The minimum atomic E-state index is -2.88. The van der Waals surface area contributed by atoms with Crippen molar-refractivity contribution in [3.05, 3.63) is 49.1 Å². The molecule has 2 fully saturated rings. The number of piperidine rings is 2. The number of benzene rings is 2. The molecule has 0 aliphatic carbocycles. The molecule has 2 aromatic carbocycles. The van der Waals surface area contributed by atoms with E-state index in [4.69, 9.17) is 30.0 Å². The van der Waals surface area contributed by atoms with E-state index < -0.39 is 8.25 Å². The number of ether oxygens (including phenoxy) is 2. The molecular formula is C46H73N10O5P. The third-order valence-electron chi connectivity index (χ3n) is 12.9. The fraction of sp³-hybridized carbons (Fsp3) is 0.652. The lowest BCUT2D eigenvalue weighted by Crippen LogP contribution is -2.46. The second kappa shape index (κ2) is 21.8. The number of nitrogens with one attached hydrogen (secondary N) is 2. The molecule has 0 radical (unpaired) electrons. The molecule has 342 valence electrons. The van der Waals surface area contributed by atoms with Gasteiger partial charge in [0.25, 0.3) is 0 Å². The second-order valence-electron chi connectivity index (χ2n) is 19.4. The number of methoxy groups -OCH3 is 2. The number of nitrogens with zero attached hydrogens (tertiary/aromatic N) is 6. The van der Waals surface area contributed by atoms with Crippen LogP contribution in [-0.4, -0.2) is 111 Å². The number of aromatic nitrogens is 4. The number of hydrogen-bond acceptors (Lipinski definition) is 15. The first-order valence-electron chi connectivity index (χ1n) is 22.5. The van der Waals surface area contributed by atoms with Gasteiger partial charge in [0.1, 0.15) is 46.8 Å². The summed E-state index contributed by atoms with van der Waals surface area (Å²) in [7, 11) is 0.451. The number of rotatable bonds is 20. The van der Waals surface area contributed by atoms with Crippen molar-refractivity contribution in [2.24, 2.45) is 34.1 Å². The smallest absolute Gasteiger partial charge is 0.319 e. The van der Waals surface area contributed by atoms with Gasteiger partial charge in [0.2, 0.25) is 0 Å². The predicted molar refractivity (Wildman–Crippen MR) is 251 cm³/mol. The molecule has 2 aliphatic heterocycles. The molecule has 4 atom stereocenters. The fourth-order valence-electron chi connectivity index (χ4n) is 8.49. The quantitative estimate of drug-likeness (QED) is 0.0696. The van der Waals surface area contributed by atoms with Gasteiger partial charge in [-0.1, -0.05) is 53.7 Å². The second-order valence-corrected chi connectivity index (χ2v) is 20.4. The number of anilines is 2. The Morgan fingerprint density at radius 1 is 0.645 bits per heavy atom. The maximum Gasteiger partial charge on any atom is 0.319 e. The van der Waals surface area contributed by atoms with Gasteiger partial charge in [0, 0.05) is 75.2 Å². The van der Waals surface area contributed by atoms with E-state index >= 15 is 0 Å². The van der Waals surface area contributed by atoms with Crippen molar-refractivity contribution in [3.8, 4) is 11.5 Å². The number of fused-ring (bicyclic) bond motifs is 2. The van der Waals surface area contributed by atoms with Crippen LogP contribution in [0.3, 0.4) is 0 Å². The van der Waals surface area contributed by atoms with Crippen molar-refractivity contribution in [2.75, 3.05) is 76.4 Å². The van der Waals surface area contributed by atoms with Gasteiger partial charge in [-0.25, -0.2) is 19.9 Å². The van der Waals surface area contributed by atoms with E-state index in [1.54, 1.807) is 26.9 Å². The normalized spacial score (nSPS) is 18.5. The lowest BCUT2D eigenvalue weighted by molar-refractivity contribution is 0.0954. The van der Waals surface area contributed by atoms with Gasteiger partial charge in [0.15, 0.2) is 0 Å². The van der Waals surface area contributed by atoms with Crippen LogP contribution in [0.5, 0.6) is 11.5 Å². The van der Waals surface area contributed by atoms with Crippen LogP contribution in [0.15, 0.2) is 49.1 Å². The summed E-state index contributed by atoms with van der Waals surface area (Å²) in [6.07, 6.45) is 7.96. The Kier molecular flexibility index (Phi) is 16.8. The molecule has 2 aromatic heterocycles. The van der Waals surface area contributed by atoms with Crippen molar-refractivity contribution in [3.63, 3.8) is 0 Å². The largest absolute Gasteiger partial charge is 0.494 e. The maximum absolute atomic E-state index is 14.1. The van der Waals surface area contributed by atoms with Crippen molar-refractivity contribution in [1.82, 2.24) is 30.6 Å². The summed E-state index contributed by atoms with van der Waals surface area (Å²) in [6.45, 7) is 18.6. The van der Waals surface area contributed by atoms with Crippen LogP contribution in [0.4, 0.5) is 11.6 Å². The van der Waals surface area contributed by atoms with Crippen molar-refractivity contribution in [1.29, 1.82) is 0 Å². The van der Waals surface area contributed by atoms with E-state index in [9.17, 15) is 4.57 Å². The van der Waals surface area contributed by atoms with Crippen molar-refractivity contribution in [2.45, 2.75) is 104 Å². The summed E-state index contributed by atoms with van der Waals surface area (Å²) >= 11 is 0. The van der Waals surface area contributed by atoms with E-state index in [1.165, 1.54) is 0 Å².